The minimum atomic E-state index is -2.93. The molecule has 25 heavy (non-hydrogen) atoms. The molecule has 1 aliphatic heterocycles. The third-order valence-corrected chi connectivity index (χ3v) is 3.58. The van der Waals surface area contributed by atoms with Crippen LogP contribution in [0.4, 0.5) is 8.78 Å². The second-order valence-corrected chi connectivity index (χ2v) is 5.47. The molecule has 0 saturated carbocycles. The molecule has 0 aromatic heterocycles. The lowest BCUT2D eigenvalue weighted by Crippen LogP contribution is -2.25. The molecule has 1 aromatic rings. The highest BCUT2D eigenvalue weighted by Crippen LogP contribution is 2.30. The molecular formula is C18H22F2O5. The van der Waals surface area contributed by atoms with Gasteiger partial charge < -0.3 is 18.9 Å². The van der Waals surface area contributed by atoms with Crippen LogP contribution in [0.3, 0.4) is 0 Å². The number of halogens is 2. The number of esters is 1. The Morgan fingerprint density at radius 2 is 2.20 bits per heavy atom. The van der Waals surface area contributed by atoms with Crippen molar-refractivity contribution in [1.82, 2.24) is 0 Å². The highest BCUT2D eigenvalue weighted by Gasteiger charge is 2.15. The van der Waals surface area contributed by atoms with Crippen molar-refractivity contribution in [2.45, 2.75) is 38.9 Å². The maximum atomic E-state index is 12.4. The molecule has 1 fully saturated rings. The van der Waals surface area contributed by atoms with E-state index >= 15 is 0 Å². The van der Waals surface area contributed by atoms with E-state index in [4.69, 9.17) is 14.2 Å². The molecule has 0 radical (unpaired) electrons. The summed E-state index contributed by atoms with van der Waals surface area (Å²) < 4.78 is 45.1. The van der Waals surface area contributed by atoms with E-state index < -0.39 is 12.6 Å². The Bertz CT molecular complexity index is 583. The first-order valence-electron chi connectivity index (χ1n) is 8.26. The van der Waals surface area contributed by atoms with Gasteiger partial charge in [0.15, 0.2) is 11.5 Å². The predicted octanol–water partition coefficient (Wildman–Crippen LogP) is 3.81. The van der Waals surface area contributed by atoms with E-state index in [0.29, 0.717) is 18.8 Å². The van der Waals surface area contributed by atoms with E-state index in [0.717, 1.165) is 19.3 Å². The first kappa shape index (κ1) is 19.2. The molecule has 1 unspecified atom stereocenters. The summed E-state index contributed by atoms with van der Waals surface area (Å²) >= 11 is 0. The Morgan fingerprint density at radius 1 is 1.36 bits per heavy atom. The summed E-state index contributed by atoms with van der Waals surface area (Å²) in [5, 5.41) is 0. The highest BCUT2D eigenvalue weighted by molar-refractivity contribution is 5.87. The van der Waals surface area contributed by atoms with Gasteiger partial charge in [-0.2, -0.15) is 8.78 Å². The number of rotatable bonds is 8. The van der Waals surface area contributed by atoms with Gasteiger partial charge in [-0.25, -0.2) is 4.79 Å². The lowest BCUT2D eigenvalue weighted by atomic mass is 10.1. The van der Waals surface area contributed by atoms with Gasteiger partial charge in [-0.15, -0.1) is 0 Å². The summed E-state index contributed by atoms with van der Waals surface area (Å²) in [4.78, 5) is 11.8. The van der Waals surface area contributed by atoms with Gasteiger partial charge >= 0.3 is 12.6 Å². The normalized spacial score (nSPS) is 17.7. The number of ether oxygens (including phenoxy) is 4. The second-order valence-electron chi connectivity index (χ2n) is 5.47. The number of alkyl halides is 2. The summed E-state index contributed by atoms with van der Waals surface area (Å²) in [6, 6.07) is 4.45. The van der Waals surface area contributed by atoms with Gasteiger partial charge in [-0.1, -0.05) is 6.07 Å². The molecule has 0 amide bonds. The Hall–Kier alpha value is -2.15. The third-order valence-electron chi connectivity index (χ3n) is 3.58. The van der Waals surface area contributed by atoms with Gasteiger partial charge in [0.2, 0.25) is 0 Å². The van der Waals surface area contributed by atoms with Crippen molar-refractivity contribution >= 4 is 12.0 Å². The summed E-state index contributed by atoms with van der Waals surface area (Å²) in [5.41, 5.74) is 0.607. The first-order valence-corrected chi connectivity index (χ1v) is 8.26. The van der Waals surface area contributed by atoms with Crippen LogP contribution in [0.2, 0.25) is 0 Å². The quantitative estimate of drug-likeness (QED) is 0.524. The van der Waals surface area contributed by atoms with Crippen molar-refractivity contribution in [3.8, 4) is 11.5 Å². The molecule has 1 atom stereocenters. The van der Waals surface area contributed by atoms with Gasteiger partial charge in [0, 0.05) is 12.7 Å². The van der Waals surface area contributed by atoms with E-state index in [2.05, 4.69) is 4.74 Å². The van der Waals surface area contributed by atoms with Crippen LogP contribution in [0.1, 0.15) is 31.7 Å². The van der Waals surface area contributed by atoms with Crippen molar-refractivity contribution in [2.75, 3.05) is 19.8 Å². The molecule has 0 spiro atoms. The fourth-order valence-electron chi connectivity index (χ4n) is 2.42. The lowest BCUT2D eigenvalue weighted by Gasteiger charge is -2.21. The van der Waals surface area contributed by atoms with E-state index in [1.165, 1.54) is 24.3 Å². The summed E-state index contributed by atoms with van der Waals surface area (Å²) in [7, 11) is 0. The summed E-state index contributed by atoms with van der Waals surface area (Å²) in [6.45, 7) is 0.0349. The number of hydrogen-bond acceptors (Lipinski definition) is 5. The van der Waals surface area contributed by atoms with Gasteiger partial charge in [0.1, 0.15) is 6.61 Å². The van der Waals surface area contributed by atoms with Crippen LogP contribution in [-0.4, -0.2) is 38.5 Å². The molecule has 138 valence electrons. The number of carbonyl (C=O) groups is 1. The molecule has 1 saturated heterocycles. The predicted molar refractivity (Wildman–Crippen MR) is 87.8 cm³/mol. The van der Waals surface area contributed by atoms with Crippen molar-refractivity contribution in [2.24, 2.45) is 0 Å². The molecule has 0 bridgehead atoms. The molecular weight excluding hydrogens is 334 g/mol. The largest absolute Gasteiger partial charge is 0.490 e. The smallest absolute Gasteiger partial charge is 0.387 e. The number of hydrogen-bond donors (Lipinski definition) is 0. The average Bonchev–Trinajstić information content (AvgIpc) is 2.61. The van der Waals surface area contributed by atoms with Crippen LogP contribution in [0.15, 0.2) is 24.3 Å². The highest BCUT2D eigenvalue weighted by atomic mass is 19.3. The molecule has 7 heteroatoms. The van der Waals surface area contributed by atoms with Crippen LogP contribution >= 0.6 is 0 Å². The zero-order valence-electron chi connectivity index (χ0n) is 14.1. The van der Waals surface area contributed by atoms with Crippen molar-refractivity contribution in [3.05, 3.63) is 29.8 Å². The summed E-state index contributed by atoms with van der Waals surface area (Å²) in [5.74, 6) is -0.347. The van der Waals surface area contributed by atoms with Gasteiger partial charge in [0.05, 0.1) is 12.7 Å². The van der Waals surface area contributed by atoms with Crippen molar-refractivity contribution in [3.63, 3.8) is 0 Å². The first-order chi connectivity index (χ1) is 12.1. The van der Waals surface area contributed by atoms with E-state index in [9.17, 15) is 13.6 Å². The van der Waals surface area contributed by atoms with Gasteiger partial charge in [0.25, 0.3) is 0 Å². The molecule has 1 aliphatic rings. The number of benzene rings is 1. The van der Waals surface area contributed by atoms with Crippen LogP contribution in [0.25, 0.3) is 6.08 Å². The van der Waals surface area contributed by atoms with Crippen LogP contribution in [-0.2, 0) is 14.3 Å². The minimum Gasteiger partial charge on any atom is -0.490 e. The van der Waals surface area contributed by atoms with E-state index in [-0.39, 0.29) is 24.2 Å². The third kappa shape index (κ3) is 6.70. The standard InChI is InChI=1S/C18H22F2O5/c1-2-22-16-11-13(6-8-15(16)25-18(19)20)7-9-17(21)24-12-14-5-3-4-10-23-14/h6-9,11,14,18H,2-5,10,12H2,1H3. The van der Waals surface area contributed by atoms with Crippen molar-refractivity contribution in [1.29, 1.82) is 0 Å². The molecule has 0 aliphatic carbocycles. The number of carbonyl (C=O) groups excluding carboxylic acids is 1. The minimum absolute atomic E-state index is 0.0403. The fourth-order valence-corrected chi connectivity index (χ4v) is 2.42. The Labute approximate surface area is 145 Å². The molecule has 1 heterocycles. The second kappa shape index (κ2) is 9.98. The molecule has 0 N–H and O–H groups in total. The van der Waals surface area contributed by atoms with E-state index in [1.807, 2.05) is 0 Å². The Morgan fingerprint density at radius 3 is 2.88 bits per heavy atom. The SMILES string of the molecule is CCOc1cc(C=CC(=O)OCC2CCCCO2)ccc1OC(F)F. The molecule has 5 nitrogen and oxygen atoms in total. The van der Waals surface area contributed by atoms with Crippen LogP contribution in [0.5, 0.6) is 11.5 Å². The monoisotopic (exact) mass is 356 g/mol. The average molecular weight is 356 g/mol. The van der Waals surface area contributed by atoms with Gasteiger partial charge in [-0.3, -0.25) is 0 Å². The maximum absolute atomic E-state index is 12.4. The maximum Gasteiger partial charge on any atom is 0.387 e. The zero-order chi connectivity index (χ0) is 18.1. The zero-order valence-corrected chi connectivity index (χ0v) is 14.1. The molecule has 2 rings (SSSR count). The Kier molecular flexibility index (Phi) is 7.66. The molecule has 1 aromatic carbocycles. The van der Waals surface area contributed by atoms with Crippen LogP contribution < -0.4 is 9.47 Å². The van der Waals surface area contributed by atoms with E-state index in [1.54, 1.807) is 13.0 Å². The fraction of sp³-hybridized carbons (Fsp3) is 0.500. The Balaban J connectivity index is 1.92. The summed E-state index contributed by atoms with van der Waals surface area (Å²) in [6.07, 6.45) is 5.77. The van der Waals surface area contributed by atoms with Crippen LogP contribution in [0, 0.1) is 0 Å². The van der Waals surface area contributed by atoms with Gasteiger partial charge in [-0.05, 0) is 50.0 Å². The lowest BCUT2D eigenvalue weighted by molar-refractivity contribution is -0.143. The van der Waals surface area contributed by atoms with Crippen molar-refractivity contribution < 1.29 is 32.5 Å². The topological polar surface area (TPSA) is 54.0 Å².